The number of guanidine groups is 1. The summed E-state index contributed by atoms with van der Waals surface area (Å²) in [6.07, 6.45) is 2.22. The Bertz CT molecular complexity index is 437. The topological polar surface area (TPSA) is 18.8 Å². The molecule has 1 rings (SSSR count). The third-order valence-electron chi connectivity index (χ3n) is 3.28. The first kappa shape index (κ1) is 20.7. The van der Waals surface area contributed by atoms with Gasteiger partial charge in [0.1, 0.15) is 0 Å². The van der Waals surface area contributed by atoms with Gasteiger partial charge < -0.3 is 9.80 Å². The summed E-state index contributed by atoms with van der Waals surface area (Å²) in [4.78, 5) is 8.89. The Morgan fingerprint density at radius 1 is 1.19 bits per heavy atom. The van der Waals surface area contributed by atoms with Crippen molar-refractivity contribution in [3.05, 3.63) is 34.3 Å². The summed E-state index contributed by atoms with van der Waals surface area (Å²) in [6, 6.07) is 8.56. The van der Waals surface area contributed by atoms with Crippen LogP contribution in [-0.4, -0.2) is 50.5 Å². The highest BCUT2D eigenvalue weighted by Gasteiger charge is 2.10. The van der Waals surface area contributed by atoms with Gasteiger partial charge in [-0.05, 0) is 30.0 Å². The van der Waals surface area contributed by atoms with Gasteiger partial charge in [-0.2, -0.15) is 0 Å². The first-order valence-corrected chi connectivity index (χ1v) is 7.86. The van der Waals surface area contributed by atoms with Crippen LogP contribution in [0, 0.1) is 5.92 Å². The van der Waals surface area contributed by atoms with Gasteiger partial charge in [-0.25, -0.2) is 0 Å². The molecule has 0 aliphatic rings. The van der Waals surface area contributed by atoms with E-state index in [0.717, 1.165) is 29.8 Å². The van der Waals surface area contributed by atoms with E-state index < -0.39 is 0 Å². The summed E-state index contributed by atoms with van der Waals surface area (Å²) in [7, 11) is 8.14. The van der Waals surface area contributed by atoms with Gasteiger partial charge in [-0.1, -0.05) is 41.4 Å². The zero-order chi connectivity index (χ0) is 15.1. The predicted molar refractivity (Wildman–Crippen MR) is 107 cm³/mol. The monoisotopic (exact) mass is 467 g/mol. The molecule has 0 amide bonds. The molecule has 0 bridgehead atoms. The Hall–Kier alpha value is -0.300. The third kappa shape index (κ3) is 7.49. The van der Waals surface area contributed by atoms with Gasteiger partial charge in [0.05, 0.1) is 0 Å². The van der Waals surface area contributed by atoms with Crippen LogP contribution in [0.4, 0.5) is 0 Å². The summed E-state index contributed by atoms with van der Waals surface area (Å²) in [6.45, 7) is 3.11. The molecule has 21 heavy (non-hydrogen) atoms. The lowest BCUT2D eigenvalue weighted by atomic mass is 9.97. The van der Waals surface area contributed by atoms with E-state index in [-0.39, 0.29) is 24.0 Å². The van der Waals surface area contributed by atoms with Gasteiger partial charge in [0.2, 0.25) is 0 Å². The van der Waals surface area contributed by atoms with Crippen LogP contribution in [0.5, 0.6) is 0 Å². The van der Waals surface area contributed by atoms with Gasteiger partial charge in [0, 0.05) is 39.2 Å². The van der Waals surface area contributed by atoms with Crippen molar-refractivity contribution >= 4 is 45.9 Å². The zero-order valence-electron chi connectivity index (χ0n) is 13.6. The molecule has 3 nitrogen and oxygen atoms in total. The maximum absolute atomic E-state index is 4.77. The van der Waals surface area contributed by atoms with E-state index in [1.54, 1.807) is 0 Å². The largest absolute Gasteiger partial charge is 0.349 e. The van der Waals surface area contributed by atoms with Crippen molar-refractivity contribution in [3.63, 3.8) is 0 Å². The lowest BCUT2D eigenvalue weighted by Crippen LogP contribution is -2.36. The first-order chi connectivity index (χ1) is 9.43. The van der Waals surface area contributed by atoms with Gasteiger partial charge in [0.25, 0.3) is 0 Å². The van der Waals surface area contributed by atoms with Crippen LogP contribution < -0.4 is 0 Å². The first-order valence-electron chi connectivity index (χ1n) is 7.07. The summed E-state index contributed by atoms with van der Waals surface area (Å²) in [5, 5.41) is 0. The van der Waals surface area contributed by atoms with E-state index in [4.69, 9.17) is 4.99 Å². The van der Waals surface area contributed by atoms with E-state index in [1.165, 1.54) is 5.56 Å². The lowest BCUT2D eigenvalue weighted by Gasteiger charge is -2.23. The molecule has 0 aliphatic carbocycles. The minimum Gasteiger partial charge on any atom is -0.349 e. The number of halogens is 2. The maximum Gasteiger partial charge on any atom is 0.195 e. The smallest absolute Gasteiger partial charge is 0.195 e. The molecule has 0 spiro atoms. The summed E-state index contributed by atoms with van der Waals surface area (Å²) >= 11 is 3.53. The molecule has 0 fully saturated rings. The van der Waals surface area contributed by atoms with E-state index in [9.17, 15) is 0 Å². The summed E-state index contributed by atoms with van der Waals surface area (Å²) < 4.78 is 1.15. The third-order valence-corrected chi connectivity index (χ3v) is 3.77. The molecule has 120 valence electrons. The molecule has 1 aromatic rings. The quantitative estimate of drug-likeness (QED) is 0.368. The van der Waals surface area contributed by atoms with Crippen molar-refractivity contribution in [2.24, 2.45) is 10.9 Å². The minimum atomic E-state index is 0. The highest BCUT2D eigenvalue weighted by atomic mass is 127. The molecular formula is C16H27BrIN3. The van der Waals surface area contributed by atoms with Gasteiger partial charge in [-0.15, -0.1) is 24.0 Å². The minimum absolute atomic E-state index is 0. The highest BCUT2D eigenvalue weighted by molar-refractivity contribution is 14.0. The van der Waals surface area contributed by atoms with E-state index in [0.29, 0.717) is 5.92 Å². The molecule has 1 unspecified atom stereocenters. The van der Waals surface area contributed by atoms with Crippen LogP contribution in [0.3, 0.4) is 0 Å². The number of benzene rings is 1. The molecular weight excluding hydrogens is 441 g/mol. The zero-order valence-corrected chi connectivity index (χ0v) is 17.6. The fraction of sp³-hybridized carbons (Fsp3) is 0.562. The molecule has 0 radical (unpaired) electrons. The van der Waals surface area contributed by atoms with Gasteiger partial charge in [0.15, 0.2) is 5.96 Å². The molecule has 1 aromatic carbocycles. The van der Waals surface area contributed by atoms with E-state index >= 15 is 0 Å². The molecule has 0 heterocycles. The molecule has 1 atom stereocenters. The fourth-order valence-corrected chi connectivity index (χ4v) is 2.68. The molecule has 5 heteroatoms. The van der Waals surface area contributed by atoms with Crippen LogP contribution in [0.25, 0.3) is 0 Å². The molecule has 0 aliphatic heterocycles. The second-order valence-corrected chi connectivity index (χ2v) is 6.45. The predicted octanol–water partition coefficient (Wildman–Crippen LogP) is 4.12. The maximum atomic E-state index is 4.77. The second-order valence-electron chi connectivity index (χ2n) is 5.54. The Balaban J connectivity index is 0.00000400. The summed E-state index contributed by atoms with van der Waals surface area (Å²) in [5.74, 6) is 1.61. The highest BCUT2D eigenvalue weighted by Crippen LogP contribution is 2.17. The summed E-state index contributed by atoms with van der Waals surface area (Å²) in [5.41, 5.74) is 1.37. The van der Waals surface area contributed by atoms with Gasteiger partial charge in [-0.3, -0.25) is 4.99 Å². The fourth-order valence-electron chi connectivity index (χ4n) is 2.23. The number of rotatable bonds is 5. The van der Waals surface area contributed by atoms with Crippen molar-refractivity contribution in [2.45, 2.75) is 19.8 Å². The standard InChI is InChI=1S/C16H26BrN3.HI/c1-6-13(10-14-8-7-9-15(17)11-14)12-18-16(19(2)3)20(4)5;/h7-9,11,13H,6,10,12H2,1-5H3;1H. The Morgan fingerprint density at radius 3 is 2.29 bits per heavy atom. The average molecular weight is 468 g/mol. The molecule has 0 aromatic heterocycles. The lowest BCUT2D eigenvalue weighted by molar-refractivity contribution is 0.462. The molecule has 0 N–H and O–H groups in total. The van der Waals surface area contributed by atoms with E-state index in [2.05, 4.69) is 56.9 Å². The van der Waals surface area contributed by atoms with Crippen molar-refractivity contribution in [1.29, 1.82) is 0 Å². The second kappa shape index (κ2) is 10.4. The molecule has 0 saturated heterocycles. The van der Waals surface area contributed by atoms with Crippen molar-refractivity contribution in [1.82, 2.24) is 9.80 Å². The number of hydrogen-bond acceptors (Lipinski definition) is 1. The number of aliphatic imine (C=N–C) groups is 1. The Morgan fingerprint density at radius 2 is 1.81 bits per heavy atom. The van der Waals surface area contributed by atoms with Gasteiger partial charge >= 0.3 is 0 Å². The number of hydrogen-bond donors (Lipinski definition) is 0. The molecule has 0 saturated carbocycles. The van der Waals surface area contributed by atoms with Crippen molar-refractivity contribution in [2.75, 3.05) is 34.7 Å². The van der Waals surface area contributed by atoms with Crippen LogP contribution in [0.15, 0.2) is 33.7 Å². The normalized spacial score (nSPS) is 11.3. The van der Waals surface area contributed by atoms with Crippen LogP contribution in [0.2, 0.25) is 0 Å². The Kier molecular flexibility index (Phi) is 10.3. The van der Waals surface area contributed by atoms with Crippen LogP contribution in [-0.2, 0) is 6.42 Å². The van der Waals surface area contributed by atoms with Crippen molar-refractivity contribution < 1.29 is 0 Å². The average Bonchev–Trinajstić information content (AvgIpc) is 2.36. The number of nitrogens with zero attached hydrogens (tertiary/aromatic N) is 3. The van der Waals surface area contributed by atoms with E-state index in [1.807, 2.05) is 28.2 Å². The van der Waals surface area contributed by atoms with Crippen LogP contribution in [0.1, 0.15) is 18.9 Å². The SMILES string of the molecule is CCC(CN=C(N(C)C)N(C)C)Cc1cccc(Br)c1.I. The Labute approximate surface area is 155 Å². The van der Waals surface area contributed by atoms with Crippen molar-refractivity contribution in [3.8, 4) is 0 Å². The van der Waals surface area contributed by atoms with Crippen LogP contribution >= 0.6 is 39.9 Å².